The van der Waals surface area contributed by atoms with Crippen molar-refractivity contribution in [1.82, 2.24) is 14.9 Å². The number of ether oxygens (including phenoxy) is 3. The van der Waals surface area contributed by atoms with Crippen LogP contribution in [0.15, 0.2) is 42.7 Å². The zero-order valence-corrected chi connectivity index (χ0v) is 25.8. The van der Waals surface area contributed by atoms with Gasteiger partial charge in [-0.2, -0.15) is 0 Å². The molecule has 42 heavy (non-hydrogen) atoms. The number of aromatic nitrogens is 2. The first-order valence-corrected chi connectivity index (χ1v) is 16.1. The standard InChI is InChI=1S/C30H41N5O6S/c1-21(2)19-42(37,38)16-6-15-40-28-18-26-25(17-27(28)39-5)29(32-20-31-26)34-11-13-35(14-12-34)30(36)33-23-7-9-24(10-8-23)41-22(3)4/h7-10,17-18,20-22H,6,11-16,19H2,1-5H3,(H,33,36). The average Bonchev–Trinajstić information content (AvgIpc) is 2.94. The number of nitrogens with one attached hydrogen (secondary N) is 1. The molecule has 1 fully saturated rings. The number of carbonyl (C=O) groups is 1. The number of hydrogen-bond donors (Lipinski definition) is 1. The second-order valence-electron chi connectivity index (χ2n) is 11.0. The van der Waals surface area contributed by atoms with Crippen LogP contribution >= 0.6 is 0 Å². The van der Waals surface area contributed by atoms with Crippen molar-refractivity contribution in [1.29, 1.82) is 0 Å². The van der Waals surface area contributed by atoms with E-state index in [1.54, 1.807) is 18.1 Å². The van der Waals surface area contributed by atoms with Crippen LogP contribution in [-0.4, -0.2) is 86.8 Å². The number of anilines is 2. The third-order valence-corrected chi connectivity index (χ3v) is 8.77. The highest BCUT2D eigenvalue weighted by atomic mass is 32.2. The molecule has 11 nitrogen and oxygen atoms in total. The van der Waals surface area contributed by atoms with E-state index in [0.717, 1.165) is 17.0 Å². The molecule has 0 atom stereocenters. The average molecular weight is 600 g/mol. The van der Waals surface area contributed by atoms with Crippen LogP contribution in [0.1, 0.15) is 34.1 Å². The highest BCUT2D eigenvalue weighted by Gasteiger charge is 2.24. The van der Waals surface area contributed by atoms with Gasteiger partial charge in [-0.3, -0.25) is 0 Å². The maximum absolute atomic E-state index is 12.9. The van der Waals surface area contributed by atoms with Crippen LogP contribution in [0, 0.1) is 5.92 Å². The van der Waals surface area contributed by atoms with Gasteiger partial charge in [0.05, 0.1) is 36.8 Å². The lowest BCUT2D eigenvalue weighted by atomic mass is 10.2. The summed E-state index contributed by atoms with van der Waals surface area (Å²) < 4.78 is 41.5. The Morgan fingerprint density at radius 1 is 1.00 bits per heavy atom. The van der Waals surface area contributed by atoms with Crippen LogP contribution < -0.4 is 24.4 Å². The Hall–Kier alpha value is -3.80. The van der Waals surface area contributed by atoms with Crippen molar-refractivity contribution in [3.63, 3.8) is 0 Å². The Labute approximate surface area is 248 Å². The van der Waals surface area contributed by atoms with Gasteiger partial charge in [0.25, 0.3) is 0 Å². The number of methoxy groups -OCH3 is 1. The van der Waals surface area contributed by atoms with Crippen molar-refractivity contribution in [3.8, 4) is 17.2 Å². The summed E-state index contributed by atoms with van der Waals surface area (Å²) in [7, 11) is -1.54. The van der Waals surface area contributed by atoms with E-state index >= 15 is 0 Å². The van der Waals surface area contributed by atoms with E-state index in [1.807, 2.05) is 58.0 Å². The predicted molar refractivity (Wildman–Crippen MR) is 165 cm³/mol. The molecule has 0 spiro atoms. The molecule has 0 unspecified atom stereocenters. The van der Waals surface area contributed by atoms with Gasteiger partial charge in [0.1, 0.15) is 17.9 Å². The predicted octanol–water partition coefficient (Wildman–Crippen LogP) is 4.62. The topological polar surface area (TPSA) is 123 Å². The van der Waals surface area contributed by atoms with E-state index in [1.165, 1.54) is 6.33 Å². The summed E-state index contributed by atoms with van der Waals surface area (Å²) in [5.41, 5.74) is 1.40. The second kappa shape index (κ2) is 13.9. The maximum Gasteiger partial charge on any atom is 0.321 e. The van der Waals surface area contributed by atoms with Crippen molar-refractivity contribution < 1.29 is 27.4 Å². The molecular formula is C30H41N5O6S. The number of urea groups is 1. The monoisotopic (exact) mass is 599 g/mol. The van der Waals surface area contributed by atoms with Crippen LogP contribution in [0.2, 0.25) is 0 Å². The van der Waals surface area contributed by atoms with Gasteiger partial charge in [-0.1, -0.05) is 13.8 Å². The molecule has 0 saturated carbocycles. The number of sulfone groups is 1. The summed E-state index contributed by atoms with van der Waals surface area (Å²) >= 11 is 0. The Morgan fingerprint density at radius 2 is 1.71 bits per heavy atom. The van der Waals surface area contributed by atoms with Crippen molar-refractivity contribution in [2.24, 2.45) is 5.92 Å². The number of piperazine rings is 1. The zero-order chi connectivity index (χ0) is 30.3. The number of nitrogens with zero attached hydrogens (tertiary/aromatic N) is 4. The number of rotatable bonds is 12. The van der Waals surface area contributed by atoms with Gasteiger partial charge in [-0.15, -0.1) is 0 Å². The smallest absolute Gasteiger partial charge is 0.321 e. The molecule has 1 aliphatic rings. The summed E-state index contributed by atoms with van der Waals surface area (Å²) in [5.74, 6) is 2.89. The lowest BCUT2D eigenvalue weighted by Gasteiger charge is -2.35. The number of fused-ring (bicyclic) bond motifs is 1. The number of hydrogen-bond acceptors (Lipinski definition) is 9. The fourth-order valence-electron chi connectivity index (χ4n) is 4.84. The van der Waals surface area contributed by atoms with Crippen LogP contribution in [0.3, 0.4) is 0 Å². The number of carbonyl (C=O) groups excluding carboxylic acids is 1. The molecule has 1 aliphatic heterocycles. The van der Waals surface area contributed by atoms with Crippen molar-refractivity contribution in [3.05, 3.63) is 42.7 Å². The third-order valence-electron chi connectivity index (χ3n) is 6.69. The molecule has 12 heteroatoms. The van der Waals surface area contributed by atoms with E-state index in [0.29, 0.717) is 55.3 Å². The van der Waals surface area contributed by atoms with Gasteiger partial charge in [0.2, 0.25) is 0 Å². The normalized spacial score (nSPS) is 14.0. The molecule has 1 aromatic heterocycles. The third kappa shape index (κ3) is 8.37. The van der Waals surface area contributed by atoms with Gasteiger partial charge in [-0.25, -0.2) is 23.2 Å². The lowest BCUT2D eigenvalue weighted by Crippen LogP contribution is -2.50. The number of amides is 2. The molecular weight excluding hydrogens is 558 g/mol. The molecule has 0 radical (unpaired) electrons. The minimum Gasteiger partial charge on any atom is -0.493 e. The molecule has 2 amide bonds. The van der Waals surface area contributed by atoms with Crippen molar-refractivity contribution in [2.75, 3.05) is 61.6 Å². The van der Waals surface area contributed by atoms with E-state index in [-0.39, 0.29) is 36.2 Å². The molecule has 1 saturated heterocycles. The van der Waals surface area contributed by atoms with Crippen LogP contribution in [0.25, 0.3) is 10.9 Å². The van der Waals surface area contributed by atoms with Gasteiger partial charge >= 0.3 is 6.03 Å². The minimum atomic E-state index is -3.10. The fraction of sp³-hybridized carbons (Fsp3) is 0.500. The minimum absolute atomic E-state index is 0.0803. The first-order chi connectivity index (χ1) is 20.0. The van der Waals surface area contributed by atoms with Gasteiger partial charge in [0.15, 0.2) is 21.3 Å². The van der Waals surface area contributed by atoms with Crippen LogP contribution in [0.4, 0.5) is 16.3 Å². The van der Waals surface area contributed by atoms with Gasteiger partial charge in [-0.05, 0) is 56.5 Å². The summed E-state index contributed by atoms with van der Waals surface area (Å²) in [6.07, 6.45) is 1.99. The molecule has 0 aliphatic carbocycles. The van der Waals surface area contributed by atoms with Gasteiger partial charge in [0, 0.05) is 43.3 Å². The lowest BCUT2D eigenvalue weighted by molar-refractivity contribution is 0.208. The van der Waals surface area contributed by atoms with Crippen molar-refractivity contribution in [2.45, 2.75) is 40.2 Å². The summed E-state index contributed by atoms with van der Waals surface area (Å²) in [5, 5.41) is 3.77. The van der Waals surface area contributed by atoms with Crippen LogP contribution in [-0.2, 0) is 9.84 Å². The second-order valence-corrected chi connectivity index (χ2v) is 13.3. The van der Waals surface area contributed by atoms with Crippen molar-refractivity contribution >= 4 is 38.3 Å². The molecule has 2 heterocycles. The highest BCUT2D eigenvalue weighted by molar-refractivity contribution is 7.91. The van der Waals surface area contributed by atoms with E-state index in [9.17, 15) is 13.2 Å². The summed E-state index contributed by atoms with van der Waals surface area (Å²) in [4.78, 5) is 25.8. The molecule has 1 N–H and O–H groups in total. The molecule has 0 bridgehead atoms. The summed E-state index contributed by atoms with van der Waals surface area (Å²) in [6, 6.07) is 10.8. The molecule has 2 aromatic carbocycles. The van der Waals surface area contributed by atoms with Gasteiger partial charge < -0.3 is 29.3 Å². The Kier molecular flexibility index (Phi) is 10.3. The zero-order valence-electron chi connectivity index (χ0n) is 25.0. The molecule has 228 valence electrons. The van der Waals surface area contributed by atoms with E-state index in [2.05, 4.69) is 20.2 Å². The van der Waals surface area contributed by atoms with Crippen LogP contribution in [0.5, 0.6) is 17.2 Å². The van der Waals surface area contributed by atoms with E-state index in [4.69, 9.17) is 14.2 Å². The number of benzene rings is 2. The molecule has 4 rings (SSSR count). The molecule has 3 aromatic rings. The Bertz CT molecular complexity index is 1460. The Morgan fingerprint density at radius 3 is 2.36 bits per heavy atom. The first kappa shape index (κ1) is 31.1. The highest BCUT2D eigenvalue weighted by Crippen LogP contribution is 2.35. The SMILES string of the molecule is COc1cc2c(N3CCN(C(=O)Nc4ccc(OC(C)C)cc4)CC3)ncnc2cc1OCCCS(=O)(=O)CC(C)C. The quantitative estimate of drug-likeness (QED) is 0.297. The fourth-order valence-corrected chi connectivity index (χ4v) is 6.58. The largest absolute Gasteiger partial charge is 0.493 e. The summed E-state index contributed by atoms with van der Waals surface area (Å²) in [6.45, 7) is 10.2. The maximum atomic E-state index is 12.9. The first-order valence-electron chi connectivity index (χ1n) is 14.3. The Balaban J connectivity index is 1.37. The van der Waals surface area contributed by atoms with E-state index < -0.39 is 9.84 Å².